The maximum Gasteiger partial charge on any atom is 0.472 e. The number of hydrogen-bond acceptors (Lipinski definition) is 15. The zero-order chi connectivity index (χ0) is 74.9. The minimum atomic E-state index is -4.96. The normalized spacial score (nSPS) is 14.1. The van der Waals surface area contributed by atoms with E-state index in [0.29, 0.717) is 25.7 Å². The Hall–Kier alpha value is -1.94. The van der Waals surface area contributed by atoms with Gasteiger partial charge in [-0.3, -0.25) is 37.3 Å². The first-order valence-electron chi connectivity index (χ1n) is 43.0. The fraction of sp³-hybridized carbons (Fsp3) is 0.952. The van der Waals surface area contributed by atoms with Gasteiger partial charge in [-0.15, -0.1) is 0 Å². The second-order valence-electron chi connectivity index (χ2n) is 30.6. The van der Waals surface area contributed by atoms with Crippen molar-refractivity contribution in [2.45, 2.75) is 458 Å². The minimum Gasteiger partial charge on any atom is -0.462 e. The van der Waals surface area contributed by atoms with Crippen LogP contribution in [-0.2, 0) is 65.4 Å². The molecule has 17 nitrogen and oxygen atoms in total. The van der Waals surface area contributed by atoms with Crippen molar-refractivity contribution in [3.8, 4) is 0 Å². The van der Waals surface area contributed by atoms with Crippen molar-refractivity contribution >= 4 is 39.5 Å². The van der Waals surface area contributed by atoms with E-state index < -0.39 is 97.5 Å². The Bertz CT molecular complexity index is 1960. The van der Waals surface area contributed by atoms with Crippen LogP contribution in [0.1, 0.15) is 440 Å². The second-order valence-corrected chi connectivity index (χ2v) is 33.5. The van der Waals surface area contributed by atoms with Gasteiger partial charge in [0.2, 0.25) is 0 Å². The van der Waals surface area contributed by atoms with Gasteiger partial charge in [-0.1, -0.05) is 388 Å². The van der Waals surface area contributed by atoms with Gasteiger partial charge in [0, 0.05) is 25.7 Å². The van der Waals surface area contributed by atoms with Crippen molar-refractivity contribution < 1.29 is 80.2 Å². The van der Waals surface area contributed by atoms with Crippen LogP contribution in [0.2, 0.25) is 0 Å². The van der Waals surface area contributed by atoms with Gasteiger partial charge in [0.05, 0.1) is 26.4 Å². The average Bonchev–Trinajstić information content (AvgIpc) is 0.908. The maximum atomic E-state index is 13.1. The number of carbonyl (C=O) groups is 4. The highest BCUT2D eigenvalue weighted by Crippen LogP contribution is 2.45. The number of aliphatic hydroxyl groups is 1. The van der Waals surface area contributed by atoms with Gasteiger partial charge in [0.15, 0.2) is 12.2 Å². The van der Waals surface area contributed by atoms with Gasteiger partial charge in [0.1, 0.15) is 19.3 Å². The molecule has 0 bridgehead atoms. The molecule has 0 saturated heterocycles. The Labute approximate surface area is 626 Å². The lowest BCUT2D eigenvalue weighted by Gasteiger charge is -2.21. The first-order chi connectivity index (χ1) is 49.4. The number of rotatable bonds is 82. The quantitative estimate of drug-likeness (QED) is 0.0222. The summed E-state index contributed by atoms with van der Waals surface area (Å²) >= 11 is 0. The highest BCUT2D eigenvalue weighted by atomic mass is 31.2. The van der Waals surface area contributed by atoms with Gasteiger partial charge in [-0.05, 0) is 37.5 Å². The van der Waals surface area contributed by atoms with Crippen molar-refractivity contribution in [1.82, 2.24) is 0 Å². The summed E-state index contributed by atoms with van der Waals surface area (Å²) in [7, 11) is -9.91. The molecule has 606 valence electrons. The van der Waals surface area contributed by atoms with Crippen molar-refractivity contribution in [1.29, 1.82) is 0 Å². The Balaban J connectivity index is 5.10. The molecular weight excluding hydrogens is 1330 g/mol. The monoisotopic (exact) mass is 1490 g/mol. The van der Waals surface area contributed by atoms with Crippen LogP contribution in [0, 0.1) is 11.8 Å². The van der Waals surface area contributed by atoms with E-state index in [4.69, 9.17) is 37.0 Å². The number of phosphoric acid groups is 2. The van der Waals surface area contributed by atoms with E-state index in [1.165, 1.54) is 250 Å². The third-order valence-electron chi connectivity index (χ3n) is 19.8. The number of ether oxygens (including phenoxy) is 4. The minimum absolute atomic E-state index is 0.107. The molecule has 0 aliphatic heterocycles. The Morgan fingerprint density at radius 2 is 0.500 bits per heavy atom. The summed E-state index contributed by atoms with van der Waals surface area (Å²) in [6.45, 7) is 9.66. The molecule has 0 aliphatic carbocycles. The van der Waals surface area contributed by atoms with Crippen LogP contribution in [0.4, 0.5) is 0 Å². The van der Waals surface area contributed by atoms with Gasteiger partial charge in [-0.2, -0.15) is 0 Å². The highest BCUT2D eigenvalue weighted by molar-refractivity contribution is 7.47. The molecule has 102 heavy (non-hydrogen) atoms. The van der Waals surface area contributed by atoms with Crippen molar-refractivity contribution in [3.63, 3.8) is 0 Å². The van der Waals surface area contributed by atoms with Crippen LogP contribution >= 0.6 is 15.6 Å². The molecule has 19 heteroatoms. The van der Waals surface area contributed by atoms with Crippen LogP contribution in [0.25, 0.3) is 0 Å². The van der Waals surface area contributed by atoms with E-state index in [0.717, 1.165) is 108 Å². The smallest absolute Gasteiger partial charge is 0.462 e. The van der Waals surface area contributed by atoms with Crippen molar-refractivity contribution in [2.75, 3.05) is 39.6 Å². The number of phosphoric ester groups is 2. The highest BCUT2D eigenvalue weighted by Gasteiger charge is 2.30. The van der Waals surface area contributed by atoms with E-state index in [1.807, 2.05) is 0 Å². The predicted molar refractivity (Wildman–Crippen MR) is 418 cm³/mol. The van der Waals surface area contributed by atoms with Crippen LogP contribution in [0.15, 0.2) is 0 Å². The number of unbranched alkanes of at least 4 members (excludes halogenated alkanes) is 51. The summed E-state index contributed by atoms with van der Waals surface area (Å²) < 4.78 is 68.5. The van der Waals surface area contributed by atoms with Crippen molar-refractivity contribution in [2.24, 2.45) is 11.8 Å². The summed E-state index contributed by atoms with van der Waals surface area (Å²) in [5.74, 6) is -0.424. The molecule has 0 saturated carbocycles. The lowest BCUT2D eigenvalue weighted by atomic mass is 9.99. The second kappa shape index (κ2) is 74.5. The SMILES string of the molecule is CCCCCCCCCCCCCCCCC(=O)O[C@H](COC(=O)CCCCCCC)COP(=O)(O)OC[C@H](O)COP(=O)(O)OC[C@@H](COC(=O)CCCCCCCCCCCCCCCCCCCCC(C)C)OC(=O)CCCCCCCCCCCCCCCCCCCCC(C)CC. The van der Waals surface area contributed by atoms with Gasteiger partial charge in [-0.25, -0.2) is 9.13 Å². The standard InChI is InChI=1S/C83H162O17P2/c1-7-10-12-14-15-16-17-18-33-39-44-49-55-61-67-82(87)99-78(71-93-80(85)65-59-51-13-11-8-2)73-97-101(89,90)95-69-77(84)70-96-102(91,92)98-74-79(72-94-81(86)66-60-54-48-43-38-34-29-25-21-19-23-27-31-36-41-46-52-57-63-75(4)5)100-83(88)68-62-56-50-45-40-35-30-26-22-20-24-28-32-37-42-47-53-58-64-76(6)9-3/h75-79,84H,7-74H2,1-6H3,(H,89,90)(H,91,92)/t76?,77-,78+,79+/m0/s1. The van der Waals surface area contributed by atoms with Crippen LogP contribution in [0.5, 0.6) is 0 Å². The predicted octanol–water partition coefficient (Wildman–Crippen LogP) is 25.1. The molecule has 0 aromatic heterocycles. The summed E-state index contributed by atoms with van der Waals surface area (Å²) in [5.41, 5.74) is 0. The number of esters is 4. The van der Waals surface area contributed by atoms with E-state index >= 15 is 0 Å². The molecule has 6 atom stereocenters. The number of carbonyl (C=O) groups excluding carboxylic acids is 4. The summed E-state index contributed by atoms with van der Waals surface area (Å²) in [6.07, 6.45) is 65.7. The average molecular weight is 1490 g/mol. The van der Waals surface area contributed by atoms with E-state index in [-0.39, 0.29) is 25.7 Å². The molecule has 0 rings (SSSR count). The molecule has 0 heterocycles. The van der Waals surface area contributed by atoms with E-state index in [2.05, 4.69) is 41.5 Å². The first kappa shape index (κ1) is 100. The molecule has 0 aromatic rings. The van der Waals surface area contributed by atoms with Crippen LogP contribution < -0.4 is 0 Å². The topological polar surface area (TPSA) is 237 Å². The molecule has 3 N–H and O–H groups in total. The molecular formula is C83H162O17P2. The van der Waals surface area contributed by atoms with Gasteiger partial charge in [0.25, 0.3) is 0 Å². The van der Waals surface area contributed by atoms with Gasteiger partial charge >= 0.3 is 39.5 Å². The fourth-order valence-electron chi connectivity index (χ4n) is 12.9. The van der Waals surface area contributed by atoms with Crippen LogP contribution in [0.3, 0.4) is 0 Å². The lowest BCUT2D eigenvalue weighted by Crippen LogP contribution is -2.30. The molecule has 0 spiro atoms. The molecule has 0 fully saturated rings. The summed E-state index contributed by atoms with van der Waals surface area (Å²) in [6, 6.07) is 0. The zero-order valence-corrected chi connectivity index (χ0v) is 68.7. The van der Waals surface area contributed by atoms with Gasteiger partial charge < -0.3 is 33.8 Å². The largest absolute Gasteiger partial charge is 0.472 e. The summed E-state index contributed by atoms with van der Waals surface area (Å²) in [5, 5.41) is 10.6. The zero-order valence-electron chi connectivity index (χ0n) is 66.9. The van der Waals surface area contributed by atoms with E-state index in [1.54, 1.807) is 0 Å². The Morgan fingerprint density at radius 1 is 0.284 bits per heavy atom. The van der Waals surface area contributed by atoms with E-state index in [9.17, 15) is 43.2 Å². The Kier molecular flexibility index (Phi) is 73.1. The third kappa shape index (κ3) is 74.9. The van der Waals surface area contributed by atoms with Crippen molar-refractivity contribution in [3.05, 3.63) is 0 Å². The molecule has 0 amide bonds. The molecule has 0 radical (unpaired) electrons. The first-order valence-corrected chi connectivity index (χ1v) is 46.0. The Morgan fingerprint density at radius 3 is 0.745 bits per heavy atom. The third-order valence-corrected chi connectivity index (χ3v) is 21.7. The maximum absolute atomic E-state index is 13.1. The molecule has 0 aliphatic rings. The summed E-state index contributed by atoms with van der Waals surface area (Å²) in [4.78, 5) is 72.8. The fourth-order valence-corrected chi connectivity index (χ4v) is 14.4. The lowest BCUT2D eigenvalue weighted by molar-refractivity contribution is -0.161. The molecule has 3 unspecified atom stereocenters. The number of hydrogen-bond donors (Lipinski definition) is 3. The molecule has 0 aromatic carbocycles. The number of aliphatic hydroxyl groups excluding tert-OH is 1. The van der Waals surface area contributed by atoms with Crippen LogP contribution in [-0.4, -0.2) is 96.7 Å².